The predicted octanol–water partition coefficient (Wildman–Crippen LogP) is 4.46. The van der Waals surface area contributed by atoms with E-state index in [0.29, 0.717) is 34.9 Å². The Morgan fingerprint density at radius 3 is 2.71 bits per heavy atom. The van der Waals surface area contributed by atoms with Crippen molar-refractivity contribution in [1.82, 2.24) is 15.1 Å². The number of benzene rings is 1. The lowest BCUT2D eigenvalue weighted by atomic mass is 9.74. The molecule has 0 radical (unpaired) electrons. The van der Waals surface area contributed by atoms with E-state index in [2.05, 4.69) is 27.2 Å². The number of alkyl halides is 2. The third kappa shape index (κ3) is 3.63. The van der Waals surface area contributed by atoms with E-state index in [1.165, 1.54) is 6.07 Å². The molecule has 8 heteroatoms. The molecule has 6 nitrogen and oxygen atoms in total. The van der Waals surface area contributed by atoms with Crippen molar-refractivity contribution in [3.05, 3.63) is 36.0 Å². The first kappa shape index (κ1) is 18.6. The fourth-order valence-corrected chi connectivity index (χ4v) is 4.29. The maximum absolute atomic E-state index is 12.7. The summed E-state index contributed by atoms with van der Waals surface area (Å²) < 4.78 is 29.3. The van der Waals surface area contributed by atoms with Gasteiger partial charge in [0, 0.05) is 29.4 Å². The Morgan fingerprint density at radius 1 is 1.25 bits per heavy atom. The Labute approximate surface area is 161 Å². The average molecular weight is 388 g/mol. The summed E-state index contributed by atoms with van der Waals surface area (Å²) >= 11 is 0. The summed E-state index contributed by atoms with van der Waals surface area (Å²) in [7, 11) is 0. The summed E-state index contributed by atoms with van der Waals surface area (Å²) in [6.07, 6.45) is 4.33. The van der Waals surface area contributed by atoms with E-state index in [1.807, 2.05) is 24.0 Å². The maximum Gasteiger partial charge on any atom is 0.387 e. The summed E-state index contributed by atoms with van der Waals surface area (Å²) in [6, 6.07) is 7.42. The second-order valence-electron chi connectivity index (χ2n) is 7.64. The quantitative estimate of drug-likeness (QED) is 0.840. The normalized spacial score (nSPS) is 23.3. The van der Waals surface area contributed by atoms with Crippen LogP contribution in [0.3, 0.4) is 0 Å². The zero-order valence-corrected chi connectivity index (χ0v) is 15.7. The average Bonchev–Trinajstić information content (AvgIpc) is 2.62. The number of nitrogens with zero attached hydrogens (tertiary/aromatic N) is 3. The number of nitrogens with one attached hydrogen (secondary N) is 1. The molecule has 148 valence electrons. The van der Waals surface area contributed by atoms with Crippen LogP contribution in [0.1, 0.15) is 31.7 Å². The molecule has 0 aliphatic carbocycles. The van der Waals surface area contributed by atoms with Gasteiger partial charge in [0.25, 0.3) is 0 Å². The van der Waals surface area contributed by atoms with Crippen molar-refractivity contribution in [3.63, 3.8) is 0 Å². The van der Waals surface area contributed by atoms with Gasteiger partial charge in [-0.25, -0.2) is 4.79 Å². The number of carbonyl (C=O) groups is 1. The molecule has 3 heterocycles. The third-order valence-electron chi connectivity index (χ3n) is 5.53. The van der Waals surface area contributed by atoms with E-state index in [4.69, 9.17) is 0 Å². The van der Waals surface area contributed by atoms with Crippen LogP contribution in [0.5, 0.6) is 5.75 Å². The van der Waals surface area contributed by atoms with Gasteiger partial charge in [0.2, 0.25) is 0 Å². The monoisotopic (exact) mass is 388 g/mol. The molecule has 2 amide bonds. The minimum absolute atomic E-state index is 0.0589. The van der Waals surface area contributed by atoms with E-state index in [1.54, 1.807) is 6.07 Å². The van der Waals surface area contributed by atoms with Gasteiger partial charge in [-0.1, -0.05) is 13.0 Å². The summed E-state index contributed by atoms with van der Waals surface area (Å²) in [6.45, 7) is 1.18. The predicted molar refractivity (Wildman–Crippen MR) is 100 cm³/mol. The molecule has 28 heavy (non-hydrogen) atoms. The number of halogens is 2. The molecule has 2 bridgehead atoms. The highest BCUT2D eigenvalue weighted by molar-refractivity contribution is 5.91. The zero-order valence-electron chi connectivity index (χ0n) is 15.7. The van der Waals surface area contributed by atoms with Crippen LogP contribution < -0.4 is 10.1 Å². The summed E-state index contributed by atoms with van der Waals surface area (Å²) in [5, 5.41) is 10.7. The Morgan fingerprint density at radius 2 is 2.00 bits per heavy atom. The van der Waals surface area contributed by atoms with Gasteiger partial charge >= 0.3 is 12.6 Å². The molecule has 1 aromatic carbocycles. The van der Waals surface area contributed by atoms with E-state index < -0.39 is 6.61 Å². The number of urea groups is 1. The lowest BCUT2D eigenvalue weighted by molar-refractivity contribution is -0.0501. The third-order valence-corrected chi connectivity index (χ3v) is 5.53. The summed E-state index contributed by atoms with van der Waals surface area (Å²) in [4.78, 5) is 14.6. The number of aromatic nitrogens is 2. The second-order valence-corrected chi connectivity index (χ2v) is 7.64. The Kier molecular flexibility index (Phi) is 4.87. The standard InChI is InChI=1S/C20H22F2N4O2/c1-11-5-14-8-15(6-11)26(14)20(27)24-13-4-3-12(2)17(7-13)18-9-16(10-23-25-18)28-19(21)22/h3-4,7,9-11,14-15,19H,5-6,8H2,1-2H3,(H,24,27)/t11?,14-,15?/m0/s1. The number of fused-ring (bicyclic) bond motifs is 2. The number of aryl methyl sites for hydroxylation is 1. The Hall–Kier alpha value is -2.77. The van der Waals surface area contributed by atoms with E-state index >= 15 is 0 Å². The highest BCUT2D eigenvalue weighted by atomic mass is 19.3. The number of ether oxygens (including phenoxy) is 1. The fraction of sp³-hybridized carbons (Fsp3) is 0.450. The van der Waals surface area contributed by atoms with Crippen molar-refractivity contribution in [2.75, 3.05) is 5.32 Å². The Bertz CT molecular complexity index is 880. The van der Waals surface area contributed by atoms with Gasteiger partial charge in [-0.2, -0.15) is 19.0 Å². The molecule has 2 saturated heterocycles. The first-order valence-electron chi connectivity index (χ1n) is 9.38. The number of rotatable bonds is 4. The molecule has 0 saturated carbocycles. The van der Waals surface area contributed by atoms with Crippen molar-refractivity contribution in [3.8, 4) is 17.0 Å². The fourth-order valence-electron chi connectivity index (χ4n) is 4.29. The van der Waals surface area contributed by atoms with Crippen LogP contribution in [-0.4, -0.2) is 39.8 Å². The van der Waals surface area contributed by atoms with Crippen LogP contribution in [0.4, 0.5) is 19.3 Å². The number of hydrogen-bond acceptors (Lipinski definition) is 4. The zero-order chi connectivity index (χ0) is 19.8. The number of piperidine rings is 1. The summed E-state index contributed by atoms with van der Waals surface area (Å²) in [5.41, 5.74) is 2.62. The Balaban J connectivity index is 1.52. The number of carbonyl (C=O) groups excluding carboxylic acids is 1. The van der Waals surface area contributed by atoms with Crippen LogP contribution in [0.25, 0.3) is 11.3 Å². The minimum Gasteiger partial charge on any atom is -0.433 e. The molecular weight excluding hydrogens is 366 g/mol. The number of hydrogen-bond donors (Lipinski definition) is 1. The van der Waals surface area contributed by atoms with Crippen molar-refractivity contribution in [2.45, 2.75) is 51.8 Å². The van der Waals surface area contributed by atoms with Crippen LogP contribution >= 0.6 is 0 Å². The van der Waals surface area contributed by atoms with E-state index in [-0.39, 0.29) is 11.8 Å². The van der Waals surface area contributed by atoms with Crippen molar-refractivity contribution in [1.29, 1.82) is 0 Å². The first-order chi connectivity index (χ1) is 13.4. The SMILES string of the molecule is Cc1ccc(NC(=O)N2C3CC(C)C[C@H]2C3)cc1-c1cc(OC(F)F)cnn1. The molecule has 4 rings (SSSR count). The second kappa shape index (κ2) is 7.33. The molecule has 2 unspecified atom stereocenters. The van der Waals surface area contributed by atoms with Crippen LogP contribution in [0.2, 0.25) is 0 Å². The molecule has 2 fully saturated rings. The molecule has 2 aliphatic rings. The number of amides is 2. The minimum atomic E-state index is -2.93. The molecule has 0 spiro atoms. The van der Waals surface area contributed by atoms with Gasteiger partial charge in [-0.15, -0.1) is 0 Å². The van der Waals surface area contributed by atoms with Crippen molar-refractivity contribution >= 4 is 11.7 Å². The highest BCUT2D eigenvalue weighted by Gasteiger charge is 2.46. The smallest absolute Gasteiger partial charge is 0.387 e. The number of anilines is 1. The van der Waals surface area contributed by atoms with Gasteiger partial charge in [0.05, 0.1) is 11.9 Å². The molecule has 1 N–H and O–H groups in total. The lowest BCUT2D eigenvalue weighted by Gasteiger charge is -2.54. The van der Waals surface area contributed by atoms with Gasteiger partial charge < -0.3 is 15.0 Å². The molecule has 3 atom stereocenters. The topological polar surface area (TPSA) is 67.4 Å². The van der Waals surface area contributed by atoms with Gasteiger partial charge in [0.15, 0.2) is 0 Å². The highest BCUT2D eigenvalue weighted by Crippen LogP contribution is 2.41. The summed E-state index contributed by atoms with van der Waals surface area (Å²) in [5.74, 6) is 0.608. The van der Waals surface area contributed by atoms with Gasteiger partial charge in [-0.3, -0.25) is 0 Å². The largest absolute Gasteiger partial charge is 0.433 e. The van der Waals surface area contributed by atoms with Crippen molar-refractivity contribution < 1.29 is 18.3 Å². The van der Waals surface area contributed by atoms with Gasteiger partial charge in [0.1, 0.15) is 5.75 Å². The van der Waals surface area contributed by atoms with Crippen LogP contribution in [0.15, 0.2) is 30.5 Å². The maximum atomic E-state index is 12.7. The molecule has 1 aromatic heterocycles. The van der Waals surface area contributed by atoms with Gasteiger partial charge in [-0.05, 0) is 49.8 Å². The van der Waals surface area contributed by atoms with E-state index in [0.717, 1.165) is 31.0 Å². The lowest BCUT2D eigenvalue weighted by Crippen LogP contribution is -2.63. The van der Waals surface area contributed by atoms with E-state index in [9.17, 15) is 13.6 Å². The molecule has 2 aromatic rings. The molecular formula is C20H22F2N4O2. The molecule has 2 aliphatic heterocycles. The van der Waals surface area contributed by atoms with Crippen LogP contribution in [-0.2, 0) is 0 Å². The van der Waals surface area contributed by atoms with Crippen LogP contribution in [0, 0.1) is 12.8 Å². The first-order valence-corrected chi connectivity index (χ1v) is 9.38. The van der Waals surface area contributed by atoms with Crippen molar-refractivity contribution in [2.24, 2.45) is 5.92 Å².